The number of hydrogen-bond acceptors (Lipinski definition) is 8. The number of cyclic esters (lactones) is 1. The first kappa shape index (κ1) is 19.5. The second-order valence-electron chi connectivity index (χ2n) is 7.83. The SMILES string of the molecule is CC[C@@]1(O[PH](=O)O)C(=O)OCc2c1cc1n(c2=O)Cc2cc3cc4c(cc3nc2-1)OCO4. The molecule has 2 aromatic heterocycles. The van der Waals surface area contributed by atoms with Gasteiger partial charge in [0, 0.05) is 22.6 Å². The van der Waals surface area contributed by atoms with E-state index in [9.17, 15) is 19.0 Å². The molecule has 0 bridgehead atoms. The lowest BCUT2D eigenvalue weighted by molar-refractivity contribution is -0.169. The molecule has 3 aromatic rings. The highest BCUT2D eigenvalue weighted by molar-refractivity contribution is 7.32. The molecule has 0 amide bonds. The fourth-order valence-electron chi connectivity index (χ4n) is 4.68. The second-order valence-corrected chi connectivity index (χ2v) is 8.57. The van der Waals surface area contributed by atoms with E-state index in [2.05, 4.69) is 0 Å². The van der Waals surface area contributed by atoms with E-state index in [-0.39, 0.29) is 36.5 Å². The van der Waals surface area contributed by atoms with Crippen molar-refractivity contribution < 1.29 is 33.0 Å². The van der Waals surface area contributed by atoms with Gasteiger partial charge in [0.05, 0.1) is 29.0 Å². The molecule has 5 heterocycles. The summed E-state index contributed by atoms with van der Waals surface area (Å²) in [6.07, 6.45) is 0.0280. The van der Waals surface area contributed by atoms with Gasteiger partial charge in [-0.05, 0) is 24.6 Å². The lowest BCUT2D eigenvalue weighted by atomic mass is 9.86. The number of aromatic nitrogens is 2. The van der Waals surface area contributed by atoms with E-state index in [1.165, 1.54) is 0 Å². The van der Waals surface area contributed by atoms with Gasteiger partial charge in [0.25, 0.3) is 5.56 Å². The van der Waals surface area contributed by atoms with E-state index in [4.69, 9.17) is 23.7 Å². The third kappa shape index (κ3) is 2.54. The first-order valence-corrected chi connectivity index (χ1v) is 11.3. The molecule has 3 aliphatic rings. The minimum Gasteiger partial charge on any atom is -0.458 e. The van der Waals surface area contributed by atoms with Crippen molar-refractivity contribution in [2.24, 2.45) is 0 Å². The zero-order chi connectivity index (χ0) is 22.2. The largest absolute Gasteiger partial charge is 0.458 e. The number of esters is 1. The Hall–Kier alpha value is -3.20. The maximum absolute atomic E-state index is 13.3. The van der Waals surface area contributed by atoms with Crippen LogP contribution in [0.4, 0.5) is 0 Å². The van der Waals surface area contributed by atoms with Crippen LogP contribution in [0.3, 0.4) is 0 Å². The van der Waals surface area contributed by atoms with Gasteiger partial charge in [0.1, 0.15) is 6.61 Å². The maximum atomic E-state index is 13.3. The molecule has 0 saturated heterocycles. The van der Waals surface area contributed by atoms with Crippen LogP contribution in [-0.4, -0.2) is 27.2 Å². The fraction of sp³-hybridized carbons (Fsp3) is 0.286. The Kier molecular flexibility index (Phi) is 4.05. The zero-order valence-electron chi connectivity index (χ0n) is 16.8. The Morgan fingerprint density at radius 2 is 1.97 bits per heavy atom. The Morgan fingerprint density at radius 3 is 2.72 bits per heavy atom. The zero-order valence-corrected chi connectivity index (χ0v) is 17.8. The second kappa shape index (κ2) is 6.65. The summed E-state index contributed by atoms with van der Waals surface area (Å²) in [6, 6.07) is 7.24. The van der Waals surface area contributed by atoms with Gasteiger partial charge in [-0.1, -0.05) is 6.92 Å². The monoisotopic (exact) mass is 456 g/mol. The maximum Gasteiger partial charge on any atom is 0.344 e. The number of ether oxygens (including phenoxy) is 3. The smallest absolute Gasteiger partial charge is 0.344 e. The normalized spacial score (nSPS) is 21.1. The standard InChI is InChI=1S/C21H17N2O8P/c1-2-21(31-32(26)27)13-5-15-18-11(7-23(15)19(24)12(13)8-28-20(21)25)3-10-4-16-17(30-9-29-16)6-14(10)22-18/h3-6,32H,2,7-9H2,1H3,(H,26,27)/t21-/m0/s1. The van der Waals surface area contributed by atoms with Gasteiger partial charge in [0.15, 0.2) is 17.1 Å². The summed E-state index contributed by atoms with van der Waals surface area (Å²) in [6.45, 7) is 1.86. The van der Waals surface area contributed by atoms with Crippen molar-refractivity contribution in [3.8, 4) is 22.9 Å². The topological polar surface area (TPSA) is 126 Å². The molecule has 3 aliphatic heterocycles. The number of rotatable bonds is 3. The lowest BCUT2D eigenvalue weighted by Crippen LogP contribution is -2.45. The molecule has 6 rings (SSSR count). The predicted molar refractivity (Wildman–Crippen MR) is 111 cm³/mol. The predicted octanol–water partition coefficient (Wildman–Crippen LogP) is 2.21. The number of hydrogen-bond donors (Lipinski definition) is 1. The molecule has 164 valence electrons. The van der Waals surface area contributed by atoms with Gasteiger partial charge >= 0.3 is 14.2 Å². The van der Waals surface area contributed by atoms with Crippen LogP contribution in [0.25, 0.3) is 22.3 Å². The van der Waals surface area contributed by atoms with Gasteiger partial charge in [-0.3, -0.25) is 13.9 Å². The Labute approximate surface area is 181 Å². The van der Waals surface area contributed by atoms with Crippen LogP contribution in [0.1, 0.15) is 30.0 Å². The third-order valence-electron chi connectivity index (χ3n) is 6.23. The van der Waals surface area contributed by atoms with Gasteiger partial charge in [0.2, 0.25) is 6.79 Å². The number of fused-ring (bicyclic) bond motifs is 6. The summed E-state index contributed by atoms with van der Waals surface area (Å²) in [5.41, 5.74) is 0.927. The summed E-state index contributed by atoms with van der Waals surface area (Å²) in [5.74, 6) is 0.448. The highest BCUT2D eigenvalue weighted by Gasteiger charge is 2.49. The van der Waals surface area contributed by atoms with Crippen molar-refractivity contribution in [1.29, 1.82) is 0 Å². The summed E-state index contributed by atoms with van der Waals surface area (Å²) < 4.78 is 34.4. The van der Waals surface area contributed by atoms with Gasteiger partial charge in [-0.15, -0.1) is 0 Å². The van der Waals surface area contributed by atoms with Crippen LogP contribution in [0.5, 0.6) is 11.5 Å². The Morgan fingerprint density at radius 1 is 1.19 bits per heavy atom. The number of carbonyl (C=O) groups is 1. The van der Waals surface area contributed by atoms with Gasteiger partial charge in [-0.2, -0.15) is 0 Å². The lowest BCUT2D eigenvalue weighted by Gasteiger charge is -2.34. The summed E-state index contributed by atoms with van der Waals surface area (Å²) in [4.78, 5) is 40.2. The van der Waals surface area contributed by atoms with E-state index in [0.717, 1.165) is 10.9 Å². The van der Waals surface area contributed by atoms with Crippen LogP contribution >= 0.6 is 8.25 Å². The number of benzene rings is 1. The average molecular weight is 456 g/mol. The van der Waals surface area contributed by atoms with Crippen molar-refractivity contribution in [3.05, 3.63) is 51.3 Å². The summed E-state index contributed by atoms with van der Waals surface area (Å²) in [5, 5.41) is 0.849. The average Bonchev–Trinajstić information content (AvgIpc) is 3.36. The van der Waals surface area contributed by atoms with E-state index in [0.29, 0.717) is 34.9 Å². The molecule has 1 N–H and O–H groups in total. The molecule has 32 heavy (non-hydrogen) atoms. The molecule has 0 fully saturated rings. The summed E-state index contributed by atoms with van der Waals surface area (Å²) >= 11 is 0. The van der Waals surface area contributed by atoms with Crippen molar-refractivity contribution >= 4 is 25.1 Å². The van der Waals surface area contributed by atoms with Crippen LogP contribution in [0.15, 0.2) is 29.1 Å². The minimum atomic E-state index is -3.50. The fourth-order valence-corrected chi connectivity index (χ4v) is 5.32. The van der Waals surface area contributed by atoms with Gasteiger partial charge in [-0.25, -0.2) is 9.78 Å². The van der Waals surface area contributed by atoms with Crippen molar-refractivity contribution in [1.82, 2.24) is 9.55 Å². The highest BCUT2D eigenvalue weighted by atomic mass is 31.1. The van der Waals surface area contributed by atoms with Crippen molar-refractivity contribution in [2.75, 3.05) is 6.79 Å². The first-order chi connectivity index (χ1) is 15.4. The Balaban J connectivity index is 1.59. The minimum absolute atomic E-state index is 0.0280. The Bertz CT molecular complexity index is 1430. The van der Waals surface area contributed by atoms with E-state index >= 15 is 0 Å². The molecule has 0 radical (unpaired) electrons. The van der Waals surface area contributed by atoms with E-state index < -0.39 is 19.8 Å². The van der Waals surface area contributed by atoms with E-state index in [1.807, 2.05) is 12.1 Å². The van der Waals surface area contributed by atoms with Crippen LogP contribution in [0, 0.1) is 0 Å². The number of nitrogens with zero attached hydrogens (tertiary/aromatic N) is 2. The molecule has 1 unspecified atom stereocenters. The number of pyridine rings is 2. The molecule has 10 nitrogen and oxygen atoms in total. The van der Waals surface area contributed by atoms with Gasteiger partial charge < -0.3 is 23.7 Å². The van der Waals surface area contributed by atoms with Crippen LogP contribution in [0.2, 0.25) is 0 Å². The first-order valence-electron chi connectivity index (χ1n) is 10.0. The van der Waals surface area contributed by atoms with Crippen LogP contribution < -0.4 is 15.0 Å². The van der Waals surface area contributed by atoms with Crippen LogP contribution in [-0.2, 0) is 37.4 Å². The molecular formula is C21H17N2O8P. The highest BCUT2D eigenvalue weighted by Crippen LogP contribution is 2.45. The molecular weight excluding hydrogens is 439 g/mol. The van der Waals surface area contributed by atoms with E-state index in [1.54, 1.807) is 23.6 Å². The van der Waals surface area contributed by atoms with Crippen molar-refractivity contribution in [2.45, 2.75) is 32.1 Å². The molecule has 0 spiro atoms. The quantitative estimate of drug-likeness (QED) is 0.365. The third-order valence-corrected chi connectivity index (χ3v) is 6.75. The van der Waals surface area contributed by atoms with Crippen molar-refractivity contribution in [3.63, 3.8) is 0 Å². The molecule has 11 heteroatoms. The molecule has 0 aliphatic carbocycles. The summed E-state index contributed by atoms with van der Waals surface area (Å²) in [7, 11) is -3.50. The number of carbonyl (C=O) groups excluding carboxylic acids is 1. The molecule has 0 saturated carbocycles. The molecule has 2 atom stereocenters. The molecule has 1 aromatic carbocycles.